The van der Waals surface area contributed by atoms with E-state index in [-0.39, 0.29) is 18.4 Å². The van der Waals surface area contributed by atoms with Crippen molar-refractivity contribution in [3.63, 3.8) is 0 Å². The van der Waals surface area contributed by atoms with E-state index in [0.29, 0.717) is 32.3 Å². The normalized spacial score (nSPS) is 14.4. The fraction of sp³-hybridized carbons (Fsp3) is 0.179. The number of carbonyl (C=O) groups excluding carboxylic acids is 2. The smallest absolute Gasteiger partial charge is 0.270 e. The Morgan fingerprint density at radius 2 is 1.69 bits per heavy atom. The topological polar surface area (TPSA) is 67.9 Å². The van der Waals surface area contributed by atoms with Crippen molar-refractivity contribution in [2.45, 2.75) is 19.8 Å². The Balaban J connectivity index is 1.37. The van der Waals surface area contributed by atoms with Crippen molar-refractivity contribution < 1.29 is 19.1 Å². The molecule has 1 heterocycles. The molecule has 1 N–H and O–H groups in total. The zero-order chi connectivity index (χ0) is 25.7. The second kappa shape index (κ2) is 11.4. The Bertz CT molecular complexity index is 1300. The van der Waals surface area contributed by atoms with Crippen molar-refractivity contribution in [3.05, 3.63) is 88.8 Å². The molecule has 0 bridgehead atoms. The number of thiocarbonyl (C=S) groups is 1. The van der Waals surface area contributed by atoms with Crippen molar-refractivity contribution in [2.75, 3.05) is 23.9 Å². The van der Waals surface area contributed by atoms with Gasteiger partial charge in [0.25, 0.3) is 11.8 Å². The van der Waals surface area contributed by atoms with E-state index in [1.165, 1.54) is 16.7 Å². The lowest BCUT2D eigenvalue weighted by atomic mass is 10.0. The number of thioether (sulfide) groups is 1. The van der Waals surface area contributed by atoms with Gasteiger partial charge in [-0.2, -0.15) is 0 Å². The minimum absolute atomic E-state index is 0.105. The summed E-state index contributed by atoms with van der Waals surface area (Å²) in [4.78, 5) is 27.4. The molecule has 0 saturated carbocycles. The third-order valence-corrected chi connectivity index (χ3v) is 6.83. The third-order valence-electron chi connectivity index (χ3n) is 5.53. The Morgan fingerprint density at radius 3 is 2.36 bits per heavy atom. The number of nitrogens with zero attached hydrogens (tertiary/aromatic N) is 1. The van der Waals surface area contributed by atoms with E-state index in [0.717, 1.165) is 16.8 Å². The number of ether oxygens (including phenoxy) is 2. The zero-order valence-electron chi connectivity index (χ0n) is 20.2. The largest absolute Gasteiger partial charge is 0.497 e. The molecule has 3 aromatic carbocycles. The van der Waals surface area contributed by atoms with Crippen LogP contribution in [0.5, 0.6) is 11.5 Å². The Labute approximate surface area is 220 Å². The van der Waals surface area contributed by atoms with E-state index < -0.39 is 0 Å². The molecule has 1 aliphatic rings. The third kappa shape index (κ3) is 5.95. The molecular weight excluding hydrogens is 492 g/mol. The summed E-state index contributed by atoms with van der Waals surface area (Å²) < 4.78 is 11.3. The average Bonchev–Trinajstić information content (AvgIpc) is 3.16. The highest BCUT2D eigenvalue weighted by Gasteiger charge is 2.33. The highest BCUT2D eigenvalue weighted by molar-refractivity contribution is 8.27. The van der Waals surface area contributed by atoms with E-state index in [1.807, 2.05) is 36.4 Å². The van der Waals surface area contributed by atoms with Gasteiger partial charge >= 0.3 is 0 Å². The van der Waals surface area contributed by atoms with Crippen LogP contribution < -0.4 is 19.7 Å². The first-order chi connectivity index (χ1) is 17.4. The van der Waals surface area contributed by atoms with Crippen LogP contribution in [0.25, 0.3) is 6.08 Å². The molecule has 0 radical (unpaired) electrons. The molecule has 36 heavy (non-hydrogen) atoms. The predicted octanol–water partition coefficient (Wildman–Crippen LogP) is 6.24. The van der Waals surface area contributed by atoms with Gasteiger partial charge in [-0.05, 0) is 65.6 Å². The van der Waals surface area contributed by atoms with Crippen LogP contribution in [0.15, 0.2) is 77.7 Å². The van der Waals surface area contributed by atoms with Gasteiger partial charge in [-0.15, -0.1) is 0 Å². The summed E-state index contributed by atoms with van der Waals surface area (Å²) in [5, 5.41) is 2.92. The van der Waals surface area contributed by atoms with Crippen molar-refractivity contribution in [2.24, 2.45) is 0 Å². The second-order valence-electron chi connectivity index (χ2n) is 8.36. The number of carbonyl (C=O) groups is 2. The van der Waals surface area contributed by atoms with Gasteiger partial charge in [-0.1, -0.05) is 68.2 Å². The molecule has 184 valence electrons. The number of anilines is 2. The number of benzene rings is 3. The van der Waals surface area contributed by atoms with Crippen molar-refractivity contribution >= 4 is 57.6 Å². The number of rotatable bonds is 8. The Morgan fingerprint density at radius 1 is 1.03 bits per heavy atom. The standard InChI is InChI=1S/C28H26N2O4S2/c1-18(2)23-6-4-5-7-24(23)29-26(31)17-34-22-12-8-19(9-13-22)16-25-27(32)30(28(35)36-25)20-10-14-21(33-3)15-11-20/h4-16,18H,17H2,1-3H3,(H,29,31)/b25-16-. The van der Waals surface area contributed by atoms with E-state index in [9.17, 15) is 9.59 Å². The molecule has 6 nitrogen and oxygen atoms in total. The van der Waals surface area contributed by atoms with Crippen LogP contribution in [-0.2, 0) is 9.59 Å². The van der Waals surface area contributed by atoms with Gasteiger partial charge in [-0.25, -0.2) is 0 Å². The fourth-order valence-corrected chi connectivity index (χ4v) is 4.98. The van der Waals surface area contributed by atoms with Crippen molar-refractivity contribution in [1.29, 1.82) is 0 Å². The van der Waals surface area contributed by atoms with E-state index >= 15 is 0 Å². The molecule has 0 unspecified atom stereocenters. The highest BCUT2D eigenvalue weighted by Crippen LogP contribution is 2.36. The molecule has 8 heteroatoms. The Kier molecular flexibility index (Phi) is 8.07. The van der Waals surface area contributed by atoms with Gasteiger partial charge in [-0.3, -0.25) is 14.5 Å². The van der Waals surface area contributed by atoms with Gasteiger partial charge in [0.15, 0.2) is 10.9 Å². The first-order valence-electron chi connectivity index (χ1n) is 11.4. The summed E-state index contributed by atoms with van der Waals surface area (Å²) in [5.41, 5.74) is 3.39. The summed E-state index contributed by atoms with van der Waals surface area (Å²) >= 11 is 6.70. The van der Waals surface area contributed by atoms with Crippen LogP contribution in [-0.4, -0.2) is 29.9 Å². The molecule has 1 fully saturated rings. The quantitative estimate of drug-likeness (QED) is 0.281. The zero-order valence-corrected chi connectivity index (χ0v) is 21.8. The predicted molar refractivity (Wildman–Crippen MR) is 150 cm³/mol. The number of nitrogens with one attached hydrogen (secondary N) is 1. The molecule has 0 aliphatic carbocycles. The SMILES string of the molecule is COc1ccc(N2C(=O)/C(=C/c3ccc(OCC(=O)Nc4ccccc4C(C)C)cc3)SC2=S)cc1. The lowest BCUT2D eigenvalue weighted by Gasteiger charge is -2.14. The van der Waals surface area contributed by atoms with Gasteiger partial charge in [0, 0.05) is 5.69 Å². The maximum absolute atomic E-state index is 13.0. The van der Waals surface area contributed by atoms with Gasteiger partial charge in [0.1, 0.15) is 11.5 Å². The maximum atomic E-state index is 13.0. The molecule has 3 aromatic rings. The van der Waals surface area contributed by atoms with Crippen LogP contribution in [0.3, 0.4) is 0 Å². The molecule has 1 saturated heterocycles. The molecule has 0 aromatic heterocycles. The molecule has 1 aliphatic heterocycles. The summed E-state index contributed by atoms with van der Waals surface area (Å²) in [7, 11) is 1.59. The first-order valence-corrected chi connectivity index (χ1v) is 12.6. The van der Waals surface area contributed by atoms with Crippen LogP contribution in [0.2, 0.25) is 0 Å². The average molecular weight is 519 g/mol. The first kappa shape index (κ1) is 25.5. The van der Waals surface area contributed by atoms with Crippen LogP contribution in [0.1, 0.15) is 30.9 Å². The van der Waals surface area contributed by atoms with E-state index in [2.05, 4.69) is 19.2 Å². The minimum Gasteiger partial charge on any atom is -0.497 e. The number of hydrogen-bond acceptors (Lipinski definition) is 6. The minimum atomic E-state index is -0.227. The summed E-state index contributed by atoms with van der Waals surface area (Å²) in [6.45, 7) is 4.06. The molecule has 4 rings (SSSR count). The van der Waals surface area contributed by atoms with E-state index in [4.69, 9.17) is 21.7 Å². The number of amides is 2. The summed E-state index contributed by atoms with van der Waals surface area (Å²) in [5.74, 6) is 1.17. The second-order valence-corrected chi connectivity index (χ2v) is 10.0. The van der Waals surface area contributed by atoms with Gasteiger partial charge in [0.05, 0.1) is 17.7 Å². The van der Waals surface area contributed by atoms with Gasteiger partial charge < -0.3 is 14.8 Å². The highest BCUT2D eigenvalue weighted by atomic mass is 32.2. The number of para-hydroxylation sites is 1. The van der Waals surface area contributed by atoms with E-state index in [1.54, 1.807) is 49.6 Å². The number of methoxy groups -OCH3 is 1. The lowest BCUT2D eigenvalue weighted by Crippen LogP contribution is -2.27. The summed E-state index contributed by atoms with van der Waals surface area (Å²) in [6, 6.07) is 22.1. The van der Waals surface area contributed by atoms with Crippen LogP contribution >= 0.6 is 24.0 Å². The lowest BCUT2D eigenvalue weighted by molar-refractivity contribution is -0.118. The summed E-state index contributed by atoms with van der Waals surface area (Å²) in [6.07, 6.45) is 1.79. The van der Waals surface area contributed by atoms with Gasteiger partial charge in [0.2, 0.25) is 0 Å². The molecule has 0 spiro atoms. The fourth-order valence-electron chi connectivity index (χ4n) is 3.68. The molecule has 2 amide bonds. The number of hydrogen-bond donors (Lipinski definition) is 1. The Hall–Kier alpha value is -3.62. The van der Waals surface area contributed by atoms with Crippen molar-refractivity contribution in [3.8, 4) is 11.5 Å². The van der Waals surface area contributed by atoms with Crippen LogP contribution in [0.4, 0.5) is 11.4 Å². The van der Waals surface area contributed by atoms with Crippen molar-refractivity contribution in [1.82, 2.24) is 0 Å². The monoisotopic (exact) mass is 518 g/mol. The van der Waals surface area contributed by atoms with Crippen LogP contribution in [0, 0.1) is 0 Å². The maximum Gasteiger partial charge on any atom is 0.270 e. The molecule has 0 atom stereocenters. The molecular formula is C28H26N2O4S2.